The van der Waals surface area contributed by atoms with Crippen molar-refractivity contribution in [1.82, 2.24) is 9.78 Å². The first-order chi connectivity index (χ1) is 11.0. The van der Waals surface area contributed by atoms with Gasteiger partial charge in [-0.05, 0) is 55.7 Å². The lowest BCUT2D eigenvalue weighted by Crippen LogP contribution is -2.15. The van der Waals surface area contributed by atoms with Gasteiger partial charge in [-0.25, -0.2) is 0 Å². The number of nitrogens with zero attached hydrogens (tertiary/aromatic N) is 2. The van der Waals surface area contributed by atoms with Crippen molar-refractivity contribution < 1.29 is 4.79 Å². The van der Waals surface area contributed by atoms with E-state index in [1.54, 1.807) is 0 Å². The lowest BCUT2D eigenvalue weighted by atomic mass is 10.1. The smallest absolute Gasteiger partial charge is 0.226 e. The van der Waals surface area contributed by atoms with Gasteiger partial charge in [0.15, 0.2) is 0 Å². The van der Waals surface area contributed by atoms with E-state index in [1.165, 1.54) is 5.56 Å². The Kier molecular flexibility index (Phi) is 4.15. The minimum atomic E-state index is 0.00584. The van der Waals surface area contributed by atoms with E-state index in [9.17, 15) is 4.79 Å². The quantitative estimate of drug-likeness (QED) is 0.792. The summed E-state index contributed by atoms with van der Waals surface area (Å²) in [5.74, 6) is 0.00584. The fraction of sp³-hybridized carbons (Fsp3) is 0.263. The van der Waals surface area contributed by atoms with Crippen LogP contribution in [0.1, 0.15) is 23.1 Å². The normalized spacial score (nSPS) is 10.9. The Labute approximate surface area is 136 Å². The van der Waals surface area contributed by atoms with Gasteiger partial charge < -0.3 is 5.32 Å². The SMILES string of the molecule is Cc1cc(C)cc(NC(=O)CCn2ncc3ccc(C)cc32)c1. The summed E-state index contributed by atoms with van der Waals surface area (Å²) in [6, 6.07) is 12.3. The van der Waals surface area contributed by atoms with Crippen molar-refractivity contribution in [3.8, 4) is 0 Å². The van der Waals surface area contributed by atoms with Gasteiger partial charge in [0.2, 0.25) is 5.91 Å². The molecule has 2 aromatic carbocycles. The van der Waals surface area contributed by atoms with Crippen LogP contribution in [0.4, 0.5) is 5.69 Å². The topological polar surface area (TPSA) is 46.9 Å². The molecule has 118 valence electrons. The van der Waals surface area contributed by atoms with Crippen LogP contribution >= 0.6 is 0 Å². The summed E-state index contributed by atoms with van der Waals surface area (Å²) in [5, 5.41) is 8.45. The third kappa shape index (κ3) is 3.59. The molecule has 0 unspecified atom stereocenters. The second-order valence-electron chi connectivity index (χ2n) is 6.10. The number of carbonyl (C=O) groups excluding carboxylic acids is 1. The summed E-state index contributed by atoms with van der Waals surface area (Å²) < 4.78 is 1.89. The van der Waals surface area contributed by atoms with Crippen molar-refractivity contribution in [2.75, 3.05) is 5.32 Å². The number of anilines is 1. The number of amides is 1. The maximum atomic E-state index is 12.2. The predicted molar refractivity (Wildman–Crippen MR) is 93.6 cm³/mol. The number of aryl methyl sites for hydroxylation is 4. The van der Waals surface area contributed by atoms with Gasteiger partial charge >= 0.3 is 0 Å². The average Bonchev–Trinajstić information content (AvgIpc) is 2.86. The average molecular weight is 307 g/mol. The van der Waals surface area contributed by atoms with E-state index >= 15 is 0 Å². The van der Waals surface area contributed by atoms with Crippen LogP contribution in [-0.2, 0) is 11.3 Å². The molecular weight excluding hydrogens is 286 g/mol. The van der Waals surface area contributed by atoms with Crippen molar-refractivity contribution in [3.63, 3.8) is 0 Å². The molecule has 0 fully saturated rings. The molecule has 1 N–H and O–H groups in total. The minimum Gasteiger partial charge on any atom is -0.326 e. The molecule has 0 radical (unpaired) electrons. The van der Waals surface area contributed by atoms with Gasteiger partial charge in [0, 0.05) is 17.5 Å². The first-order valence-corrected chi connectivity index (χ1v) is 7.81. The standard InChI is InChI=1S/C19H21N3O/c1-13-4-5-16-12-20-22(18(16)11-13)7-6-19(23)21-17-9-14(2)8-15(3)10-17/h4-5,8-12H,6-7H2,1-3H3,(H,21,23). The van der Waals surface area contributed by atoms with E-state index in [2.05, 4.69) is 41.6 Å². The Hall–Kier alpha value is -2.62. The van der Waals surface area contributed by atoms with Crippen molar-refractivity contribution in [1.29, 1.82) is 0 Å². The van der Waals surface area contributed by atoms with Crippen molar-refractivity contribution in [2.45, 2.75) is 33.7 Å². The highest BCUT2D eigenvalue weighted by Crippen LogP contribution is 2.17. The van der Waals surface area contributed by atoms with E-state index in [0.29, 0.717) is 13.0 Å². The highest BCUT2D eigenvalue weighted by atomic mass is 16.1. The number of benzene rings is 2. The molecule has 0 bridgehead atoms. The number of aromatic nitrogens is 2. The minimum absolute atomic E-state index is 0.00584. The summed E-state index contributed by atoms with van der Waals surface area (Å²) >= 11 is 0. The number of rotatable bonds is 4. The van der Waals surface area contributed by atoms with Crippen LogP contribution < -0.4 is 5.32 Å². The van der Waals surface area contributed by atoms with Crippen molar-refractivity contribution >= 4 is 22.5 Å². The first kappa shape index (κ1) is 15.3. The maximum Gasteiger partial charge on any atom is 0.226 e. The number of hydrogen-bond acceptors (Lipinski definition) is 2. The molecule has 4 heteroatoms. The van der Waals surface area contributed by atoms with Crippen LogP contribution in [0, 0.1) is 20.8 Å². The van der Waals surface area contributed by atoms with Crippen LogP contribution in [0.2, 0.25) is 0 Å². The fourth-order valence-electron chi connectivity index (χ4n) is 2.84. The highest BCUT2D eigenvalue weighted by molar-refractivity contribution is 5.91. The lowest BCUT2D eigenvalue weighted by Gasteiger charge is -2.08. The van der Waals surface area contributed by atoms with Crippen molar-refractivity contribution in [2.24, 2.45) is 0 Å². The van der Waals surface area contributed by atoms with Gasteiger partial charge in [-0.15, -0.1) is 0 Å². The van der Waals surface area contributed by atoms with Gasteiger partial charge in [0.25, 0.3) is 0 Å². The third-order valence-corrected chi connectivity index (χ3v) is 3.86. The summed E-state index contributed by atoms with van der Waals surface area (Å²) in [6.07, 6.45) is 2.24. The molecular formula is C19H21N3O. The molecule has 3 aromatic rings. The molecule has 0 saturated heterocycles. The third-order valence-electron chi connectivity index (χ3n) is 3.86. The second-order valence-corrected chi connectivity index (χ2v) is 6.10. The number of fused-ring (bicyclic) bond motifs is 1. The largest absolute Gasteiger partial charge is 0.326 e. The van der Waals surface area contributed by atoms with E-state index in [4.69, 9.17) is 0 Å². The maximum absolute atomic E-state index is 12.2. The monoisotopic (exact) mass is 307 g/mol. The van der Waals surface area contributed by atoms with Gasteiger partial charge in [0.1, 0.15) is 0 Å². The molecule has 23 heavy (non-hydrogen) atoms. The summed E-state index contributed by atoms with van der Waals surface area (Å²) in [4.78, 5) is 12.2. The molecule has 4 nitrogen and oxygen atoms in total. The lowest BCUT2D eigenvalue weighted by molar-refractivity contribution is -0.116. The molecule has 1 heterocycles. The number of hydrogen-bond donors (Lipinski definition) is 1. The molecule has 0 spiro atoms. The van der Waals surface area contributed by atoms with E-state index < -0.39 is 0 Å². The molecule has 1 amide bonds. The van der Waals surface area contributed by atoms with Crippen LogP contribution in [0.3, 0.4) is 0 Å². The highest BCUT2D eigenvalue weighted by Gasteiger charge is 2.07. The molecule has 0 atom stereocenters. The van der Waals surface area contributed by atoms with E-state index in [-0.39, 0.29) is 5.91 Å². The Morgan fingerprint density at radius 2 is 1.78 bits per heavy atom. The van der Waals surface area contributed by atoms with E-state index in [1.807, 2.05) is 36.9 Å². The second kappa shape index (κ2) is 6.24. The number of carbonyl (C=O) groups is 1. The molecule has 3 rings (SSSR count). The molecule has 0 aliphatic rings. The van der Waals surface area contributed by atoms with Crippen LogP contribution in [-0.4, -0.2) is 15.7 Å². The van der Waals surface area contributed by atoms with Crippen LogP contribution in [0.25, 0.3) is 10.9 Å². The molecule has 0 saturated carbocycles. The molecule has 0 aliphatic heterocycles. The predicted octanol–water partition coefficient (Wildman–Crippen LogP) is 3.99. The van der Waals surface area contributed by atoms with Gasteiger partial charge in [0.05, 0.1) is 18.3 Å². The number of nitrogens with one attached hydrogen (secondary N) is 1. The zero-order valence-electron chi connectivity index (χ0n) is 13.8. The fourth-order valence-corrected chi connectivity index (χ4v) is 2.84. The first-order valence-electron chi connectivity index (χ1n) is 7.81. The van der Waals surface area contributed by atoms with Crippen LogP contribution in [0.15, 0.2) is 42.6 Å². The summed E-state index contributed by atoms with van der Waals surface area (Å²) in [6.45, 7) is 6.69. The van der Waals surface area contributed by atoms with Crippen LogP contribution in [0.5, 0.6) is 0 Å². The Morgan fingerprint density at radius 3 is 2.52 bits per heavy atom. The van der Waals surface area contributed by atoms with E-state index in [0.717, 1.165) is 27.7 Å². The Morgan fingerprint density at radius 1 is 1.04 bits per heavy atom. The van der Waals surface area contributed by atoms with Gasteiger partial charge in [-0.1, -0.05) is 18.2 Å². The Balaban J connectivity index is 1.67. The van der Waals surface area contributed by atoms with Gasteiger partial charge in [-0.3, -0.25) is 9.48 Å². The molecule has 1 aromatic heterocycles. The van der Waals surface area contributed by atoms with Gasteiger partial charge in [-0.2, -0.15) is 5.10 Å². The zero-order chi connectivity index (χ0) is 16.4. The Bertz CT molecular complexity index is 844. The molecule has 0 aliphatic carbocycles. The van der Waals surface area contributed by atoms with Crippen molar-refractivity contribution in [3.05, 3.63) is 59.3 Å². The zero-order valence-corrected chi connectivity index (χ0v) is 13.8. The summed E-state index contributed by atoms with van der Waals surface area (Å²) in [7, 11) is 0. The summed E-state index contributed by atoms with van der Waals surface area (Å²) in [5.41, 5.74) is 5.42.